The van der Waals surface area contributed by atoms with Gasteiger partial charge in [-0.05, 0) is 36.1 Å². The molecular weight excluding hydrogens is 276 g/mol. The summed E-state index contributed by atoms with van der Waals surface area (Å²) in [6, 6.07) is 20.5. The van der Waals surface area contributed by atoms with Gasteiger partial charge in [-0.3, -0.25) is 0 Å². The average molecular weight is 296 g/mol. The highest BCUT2D eigenvalue weighted by Gasteiger charge is 2.12. The molecule has 0 aliphatic heterocycles. The molecule has 1 unspecified atom stereocenters. The van der Waals surface area contributed by atoms with Crippen LogP contribution >= 0.6 is 12.6 Å². The number of hydrogen-bond donors (Lipinski definition) is 1. The van der Waals surface area contributed by atoms with Gasteiger partial charge in [-0.1, -0.05) is 42.5 Å². The van der Waals surface area contributed by atoms with Gasteiger partial charge in [0, 0.05) is 19.0 Å². The van der Waals surface area contributed by atoms with E-state index >= 15 is 0 Å². The lowest BCUT2D eigenvalue weighted by atomic mass is 10.0. The lowest BCUT2D eigenvalue weighted by Crippen LogP contribution is -2.25. The molecule has 0 bridgehead atoms. The minimum Gasteiger partial charge on any atom is -0.301 e. The Morgan fingerprint density at radius 2 is 1.90 bits per heavy atom. The Bertz CT molecular complexity index is 604. The number of likely N-dealkylation sites (N-methyl/N-ethyl adjacent to an activating group) is 1. The molecule has 1 atom stereocenters. The highest BCUT2D eigenvalue weighted by molar-refractivity contribution is 7.80. The minimum absolute atomic E-state index is 0.415. The average Bonchev–Trinajstić information content (AvgIpc) is 2.53. The van der Waals surface area contributed by atoms with Gasteiger partial charge in [-0.25, -0.2) is 0 Å². The van der Waals surface area contributed by atoms with E-state index < -0.39 is 0 Å². The molecule has 21 heavy (non-hydrogen) atoms. The van der Waals surface area contributed by atoms with Crippen molar-refractivity contribution in [1.82, 2.24) is 4.90 Å². The van der Waals surface area contributed by atoms with Crippen molar-refractivity contribution in [1.29, 1.82) is 5.26 Å². The van der Waals surface area contributed by atoms with Gasteiger partial charge in [0.1, 0.15) is 0 Å². The Morgan fingerprint density at radius 3 is 2.57 bits per heavy atom. The van der Waals surface area contributed by atoms with Crippen LogP contribution in [0.1, 0.15) is 22.6 Å². The summed E-state index contributed by atoms with van der Waals surface area (Å²) >= 11 is 4.49. The fourth-order valence-electron chi connectivity index (χ4n) is 2.49. The molecule has 3 heteroatoms. The number of nitriles is 1. The largest absolute Gasteiger partial charge is 0.301 e. The molecule has 0 saturated carbocycles. The lowest BCUT2D eigenvalue weighted by Gasteiger charge is -2.23. The van der Waals surface area contributed by atoms with Crippen LogP contribution in [-0.4, -0.2) is 24.2 Å². The molecule has 2 aromatic carbocycles. The van der Waals surface area contributed by atoms with Crippen molar-refractivity contribution in [3.8, 4) is 6.07 Å². The third-order valence-electron chi connectivity index (χ3n) is 3.53. The summed E-state index contributed by atoms with van der Waals surface area (Å²) in [4.78, 5) is 2.28. The molecule has 2 aromatic rings. The van der Waals surface area contributed by atoms with Gasteiger partial charge >= 0.3 is 0 Å². The predicted molar refractivity (Wildman–Crippen MR) is 90.5 cm³/mol. The predicted octanol–water partition coefficient (Wildman–Crippen LogP) is 3.70. The van der Waals surface area contributed by atoms with E-state index in [9.17, 15) is 0 Å². The fourth-order valence-corrected chi connectivity index (χ4v) is 2.81. The third-order valence-corrected chi connectivity index (χ3v) is 3.97. The van der Waals surface area contributed by atoms with Crippen molar-refractivity contribution in [2.24, 2.45) is 0 Å². The summed E-state index contributed by atoms with van der Waals surface area (Å²) in [7, 11) is 2.11. The van der Waals surface area contributed by atoms with E-state index in [1.54, 1.807) is 0 Å². The monoisotopic (exact) mass is 296 g/mol. The molecule has 0 aliphatic rings. The first kappa shape index (κ1) is 15.6. The molecule has 0 aliphatic carbocycles. The molecule has 0 aromatic heterocycles. The smallest absolute Gasteiger partial charge is 0.0991 e. The first-order valence-electron chi connectivity index (χ1n) is 7.06. The SMILES string of the molecule is CN(Cc1cccc(C#N)c1)CC(CS)c1ccccc1. The lowest BCUT2D eigenvalue weighted by molar-refractivity contribution is 0.311. The van der Waals surface area contributed by atoms with Crippen LogP contribution in [0.5, 0.6) is 0 Å². The first-order valence-corrected chi connectivity index (χ1v) is 7.69. The van der Waals surface area contributed by atoms with Crippen LogP contribution in [-0.2, 0) is 6.54 Å². The number of hydrogen-bond acceptors (Lipinski definition) is 3. The zero-order valence-electron chi connectivity index (χ0n) is 12.2. The van der Waals surface area contributed by atoms with Crippen molar-refractivity contribution < 1.29 is 0 Å². The van der Waals surface area contributed by atoms with Crippen LogP contribution in [0.2, 0.25) is 0 Å². The molecule has 0 heterocycles. The highest BCUT2D eigenvalue weighted by Crippen LogP contribution is 2.19. The Labute approximate surface area is 132 Å². The number of rotatable bonds is 6. The van der Waals surface area contributed by atoms with Gasteiger partial charge in [0.25, 0.3) is 0 Å². The fraction of sp³-hybridized carbons (Fsp3) is 0.278. The molecule has 0 N–H and O–H groups in total. The summed E-state index contributed by atoms with van der Waals surface area (Å²) in [5, 5.41) is 8.95. The van der Waals surface area contributed by atoms with Crippen molar-refractivity contribution in [2.45, 2.75) is 12.5 Å². The number of nitrogens with zero attached hydrogens (tertiary/aromatic N) is 2. The molecule has 0 spiro atoms. The summed E-state index contributed by atoms with van der Waals surface area (Å²) in [6.07, 6.45) is 0. The Kier molecular flexibility index (Phi) is 5.86. The first-order chi connectivity index (χ1) is 10.2. The van der Waals surface area contributed by atoms with Crippen molar-refractivity contribution in [3.63, 3.8) is 0 Å². The summed E-state index contributed by atoms with van der Waals surface area (Å²) < 4.78 is 0. The van der Waals surface area contributed by atoms with Crippen LogP contribution < -0.4 is 0 Å². The van der Waals surface area contributed by atoms with Gasteiger partial charge in [-0.15, -0.1) is 0 Å². The quantitative estimate of drug-likeness (QED) is 0.823. The Morgan fingerprint density at radius 1 is 1.14 bits per heavy atom. The highest BCUT2D eigenvalue weighted by atomic mass is 32.1. The van der Waals surface area contributed by atoms with E-state index in [2.05, 4.69) is 61.0 Å². The summed E-state index contributed by atoms with van der Waals surface area (Å²) in [5.74, 6) is 1.24. The van der Waals surface area contributed by atoms with Gasteiger partial charge in [0.2, 0.25) is 0 Å². The number of thiol groups is 1. The van der Waals surface area contributed by atoms with Crippen LogP contribution in [0.3, 0.4) is 0 Å². The molecule has 0 amide bonds. The van der Waals surface area contributed by atoms with Crippen LogP contribution in [0, 0.1) is 11.3 Å². The van der Waals surface area contributed by atoms with Crippen molar-refractivity contribution >= 4 is 12.6 Å². The van der Waals surface area contributed by atoms with E-state index in [1.165, 1.54) is 11.1 Å². The minimum atomic E-state index is 0.415. The van der Waals surface area contributed by atoms with Gasteiger partial charge in [0.15, 0.2) is 0 Å². The van der Waals surface area contributed by atoms with Crippen LogP contribution in [0.4, 0.5) is 0 Å². The maximum atomic E-state index is 8.95. The molecule has 2 nitrogen and oxygen atoms in total. The molecule has 0 radical (unpaired) electrons. The standard InChI is InChI=1S/C18H20N2S/c1-20(12-16-7-5-6-15(10-16)11-19)13-18(14-21)17-8-3-2-4-9-17/h2-10,18,21H,12-14H2,1H3. The molecule has 108 valence electrons. The Hall–Kier alpha value is -1.76. The Balaban J connectivity index is 2.00. The van der Waals surface area contributed by atoms with E-state index in [4.69, 9.17) is 5.26 Å². The van der Waals surface area contributed by atoms with Gasteiger partial charge in [-0.2, -0.15) is 17.9 Å². The van der Waals surface area contributed by atoms with E-state index in [1.807, 2.05) is 24.3 Å². The van der Waals surface area contributed by atoms with Crippen molar-refractivity contribution in [2.75, 3.05) is 19.3 Å². The maximum absolute atomic E-state index is 8.95. The van der Waals surface area contributed by atoms with Gasteiger partial charge in [0.05, 0.1) is 11.6 Å². The molecule has 0 fully saturated rings. The maximum Gasteiger partial charge on any atom is 0.0991 e. The second kappa shape index (κ2) is 7.87. The zero-order valence-corrected chi connectivity index (χ0v) is 13.1. The second-order valence-corrected chi connectivity index (χ2v) is 5.66. The normalized spacial score (nSPS) is 12.1. The van der Waals surface area contributed by atoms with E-state index in [-0.39, 0.29) is 0 Å². The van der Waals surface area contributed by atoms with E-state index in [0.29, 0.717) is 5.92 Å². The van der Waals surface area contributed by atoms with Crippen LogP contribution in [0.15, 0.2) is 54.6 Å². The topological polar surface area (TPSA) is 27.0 Å². The molecule has 2 rings (SSSR count). The van der Waals surface area contributed by atoms with E-state index in [0.717, 1.165) is 24.4 Å². The third kappa shape index (κ3) is 4.63. The van der Waals surface area contributed by atoms with Gasteiger partial charge < -0.3 is 4.90 Å². The summed E-state index contributed by atoms with van der Waals surface area (Å²) in [5.41, 5.74) is 3.21. The van der Waals surface area contributed by atoms with Crippen molar-refractivity contribution in [3.05, 3.63) is 71.3 Å². The van der Waals surface area contributed by atoms with Crippen LogP contribution in [0.25, 0.3) is 0 Å². The summed E-state index contributed by atoms with van der Waals surface area (Å²) in [6.45, 7) is 1.79. The molecule has 0 saturated heterocycles. The molecular formula is C18H20N2S. The second-order valence-electron chi connectivity index (χ2n) is 5.30. The zero-order chi connectivity index (χ0) is 15.1. The number of benzene rings is 2.